The highest BCUT2D eigenvalue weighted by molar-refractivity contribution is 5.99. The topological polar surface area (TPSA) is 90.5 Å². The van der Waals surface area contributed by atoms with Crippen LogP contribution in [0.2, 0.25) is 0 Å². The van der Waals surface area contributed by atoms with E-state index in [1.54, 1.807) is 11.1 Å². The molecule has 7 nitrogen and oxygen atoms in total. The number of nitrogens with zero attached hydrogens (tertiary/aromatic N) is 1. The Morgan fingerprint density at radius 2 is 1.85 bits per heavy atom. The summed E-state index contributed by atoms with van der Waals surface area (Å²) in [6, 6.07) is 14.6. The van der Waals surface area contributed by atoms with Gasteiger partial charge in [-0.25, -0.2) is 0 Å². The largest absolute Gasteiger partial charge is 0.387 e. The van der Waals surface area contributed by atoms with E-state index in [-0.39, 0.29) is 24.3 Å². The van der Waals surface area contributed by atoms with Crippen molar-refractivity contribution < 1.29 is 14.4 Å². The van der Waals surface area contributed by atoms with Crippen molar-refractivity contribution in [1.29, 1.82) is 0 Å². The summed E-state index contributed by atoms with van der Waals surface area (Å²) in [4.78, 5) is 40.1. The Hall–Kier alpha value is -3.61. The van der Waals surface area contributed by atoms with E-state index in [4.69, 9.17) is 0 Å². The second-order valence-electron chi connectivity index (χ2n) is 9.01. The van der Waals surface area contributed by atoms with Crippen molar-refractivity contribution in [2.45, 2.75) is 50.6 Å². The van der Waals surface area contributed by atoms with Crippen molar-refractivity contribution in [1.82, 2.24) is 15.5 Å². The van der Waals surface area contributed by atoms with E-state index in [0.717, 1.165) is 18.4 Å². The van der Waals surface area contributed by atoms with Gasteiger partial charge in [0.25, 0.3) is 5.91 Å². The Morgan fingerprint density at radius 1 is 1.06 bits per heavy atom. The van der Waals surface area contributed by atoms with Gasteiger partial charge in [0.15, 0.2) is 0 Å². The molecule has 0 spiro atoms. The Bertz CT molecular complexity index is 1050. The molecule has 1 heterocycles. The van der Waals surface area contributed by atoms with Gasteiger partial charge in [-0.05, 0) is 79.6 Å². The zero-order valence-electron chi connectivity index (χ0n) is 19.4. The zero-order valence-corrected chi connectivity index (χ0v) is 19.4. The lowest BCUT2D eigenvalue weighted by Gasteiger charge is -2.24. The van der Waals surface area contributed by atoms with Crippen LogP contribution in [0.4, 0.5) is 5.69 Å². The van der Waals surface area contributed by atoms with Crippen molar-refractivity contribution >= 4 is 23.4 Å². The number of nitrogens with one attached hydrogen (secondary N) is 3. The molecule has 2 fully saturated rings. The predicted molar refractivity (Wildman–Crippen MR) is 132 cm³/mol. The second kappa shape index (κ2) is 11.0. The van der Waals surface area contributed by atoms with Crippen molar-refractivity contribution in [2.75, 3.05) is 18.4 Å². The Kier molecular flexibility index (Phi) is 7.62. The van der Waals surface area contributed by atoms with Gasteiger partial charge < -0.3 is 20.9 Å². The molecule has 0 radical (unpaired) electrons. The van der Waals surface area contributed by atoms with E-state index < -0.39 is 6.04 Å². The molecule has 34 heavy (non-hydrogen) atoms. The molecular weight excluding hydrogens is 428 g/mol. The first-order chi connectivity index (χ1) is 16.5. The van der Waals surface area contributed by atoms with E-state index in [9.17, 15) is 14.4 Å². The summed E-state index contributed by atoms with van der Waals surface area (Å²) in [5.74, 6) is -0.0900. The molecule has 3 N–H and O–H groups in total. The van der Waals surface area contributed by atoms with Crippen molar-refractivity contribution in [3.8, 4) is 0 Å². The van der Waals surface area contributed by atoms with E-state index >= 15 is 0 Å². The molecule has 7 heteroatoms. The minimum atomic E-state index is -0.626. The first-order valence-electron chi connectivity index (χ1n) is 12.0. The van der Waals surface area contributed by atoms with Gasteiger partial charge in [0.2, 0.25) is 11.8 Å². The molecule has 0 aromatic heterocycles. The van der Waals surface area contributed by atoms with Crippen LogP contribution in [0.25, 0.3) is 0 Å². The van der Waals surface area contributed by atoms with Crippen molar-refractivity contribution in [3.05, 3.63) is 78.0 Å². The van der Waals surface area contributed by atoms with Crippen LogP contribution in [0.5, 0.6) is 0 Å². The summed E-state index contributed by atoms with van der Waals surface area (Å²) in [5, 5.41) is 8.80. The minimum Gasteiger partial charge on any atom is -0.387 e. The van der Waals surface area contributed by atoms with E-state index in [0.29, 0.717) is 36.7 Å². The lowest BCUT2D eigenvalue weighted by molar-refractivity contribution is -0.135. The molecule has 4 rings (SSSR count). The molecule has 2 aromatic rings. The van der Waals surface area contributed by atoms with E-state index in [1.165, 1.54) is 18.4 Å². The lowest BCUT2D eigenvalue weighted by atomic mass is 10.1. The van der Waals surface area contributed by atoms with Crippen molar-refractivity contribution in [3.63, 3.8) is 0 Å². The Labute approximate surface area is 200 Å². The van der Waals surface area contributed by atoms with Gasteiger partial charge in [-0.15, -0.1) is 0 Å². The molecule has 1 saturated carbocycles. The molecule has 1 aliphatic carbocycles. The average molecular weight is 461 g/mol. The van der Waals surface area contributed by atoms with E-state index in [1.807, 2.05) is 48.5 Å². The molecular formula is C27H32N4O3. The highest BCUT2D eigenvalue weighted by Crippen LogP contribution is 2.39. The number of anilines is 1. The fourth-order valence-corrected chi connectivity index (χ4v) is 4.28. The fourth-order valence-electron chi connectivity index (χ4n) is 4.28. The maximum Gasteiger partial charge on any atom is 0.251 e. The molecule has 0 bridgehead atoms. The molecule has 1 unspecified atom stereocenters. The third-order valence-electron chi connectivity index (χ3n) is 6.30. The van der Waals surface area contributed by atoms with Gasteiger partial charge in [0.05, 0.1) is 6.54 Å². The highest BCUT2D eigenvalue weighted by Gasteiger charge is 2.30. The number of hydrogen-bond acceptors (Lipinski definition) is 4. The van der Waals surface area contributed by atoms with Crippen LogP contribution in [0, 0.1) is 0 Å². The van der Waals surface area contributed by atoms with Gasteiger partial charge >= 0.3 is 0 Å². The average Bonchev–Trinajstić information content (AvgIpc) is 3.70. The smallest absolute Gasteiger partial charge is 0.251 e. The van der Waals surface area contributed by atoms with Crippen LogP contribution in [0.1, 0.15) is 59.5 Å². The molecule has 178 valence electrons. The molecule has 2 aliphatic rings. The quantitative estimate of drug-likeness (QED) is 0.534. The monoisotopic (exact) mass is 460 g/mol. The normalized spacial score (nSPS) is 18.1. The third kappa shape index (κ3) is 6.25. The van der Waals surface area contributed by atoms with E-state index in [2.05, 4.69) is 22.5 Å². The summed E-state index contributed by atoms with van der Waals surface area (Å²) >= 11 is 0. The standard InChI is InChI=1S/C27H32N4O3/c1-2-28-17-19-6-5-7-23(16-19)29-25(32)18-31-15-4-3-8-24(27(31)34)30-26(33)22-13-11-21(12-14-22)20-9-10-20/h2,5-7,11-14,16,20,24,28H,1,3-4,8-10,15,17-18H2,(H,29,32)(H,30,33). The maximum absolute atomic E-state index is 13.1. The highest BCUT2D eigenvalue weighted by atomic mass is 16.2. The number of likely N-dealkylation sites (tertiary alicyclic amines) is 1. The van der Waals surface area contributed by atoms with Gasteiger partial charge in [0.1, 0.15) is 6.04 Å². The molecule has 1 saturated heterocycles. The maximum atomic E-state index is 13.1. The van der Waals surface area contributed by atoms with Crippen LogP contribution in [-0.4, -0.2) is 41.8 Å². The van der Waals surface area contributed by atoms with Crippen LogP contribution in [-0.2, 0) is 16.1 Å². The van der Waals surface area contributed by atoms with Gasteiger partial charge in [-0.3, -0.25) is 14.4 Å². The minimum absolute atomic E-state index is 0.0452. The number of carbonyl (C=O) groups excluding carboxylic acids is 3. The van der Waals surface area contributed by atoms with Gasteiger partial charge in [-0.2, -0.15) is 0 Å². The van der Waals surface area contributed by atoms with Crippen LogP contribution < -0.4 is 16.0 Å². The second-order valence-corrected chi connectivity index (χ2v) is 9.01. The van der Waals surface area contributed by atoms with Crippen LogP contribution in [0.15, 0.2) is 61.3 Å². The predicted octanol–water partition coefficient (Wildman–Crippen LogP) is 3.55. The Morgan fingerprint density at radius 3 is 2.59 bits per heavy atom. The summed E-state index contributed by atoms with van der Waals surface area (Å²) in [7, 11) is 0. The number of amides is 3. The van der Waals surface area contributed by atoms with Crippen LogP contribution in [0.3, 0.4) is 0 Å². The SMILES string of the molecule is C=CNCc1cccc(NC(=O)CN2CCCCC(NC(=O)c3ccc(C4CC4)cc3)C2=O)c1. The molecule has 1 atom stereocenters. The fraction of sp³-hybridized carbons (Fsp3) is 0.370. The summed E-state index contributed by atoms with van der Waals surface area (Å²) < 4.78 is 0. The summed E-state index contributed by atoms with van der Waals surface area (Å²) in [6.45, 7) is 4.70. The van der Waals surface area contributed by atoms with Gasteiger partial charge in [-0.1, -0.05) is 30.8 Å². The van der Waals surface area contributed by atoms with Gasteiger partial charge in [0, 0.05) is 24.3 Å². The number of benzene rings is 2. The Balaban J connectivity index is 1.34. The first kappa shape index (κ1) is 23.5. The first-order valence-corrected chi connectivity index (χ1v) is 12.0. The lowest BCUT2D eigenvalue weighted by Crippen LogP contribution is -2.49. The molecule has 1 aliphatic heterocycles. The van der Waals surface area contributed by atoms with Crippen molar-refractivity contribution in [2.24, 2.45) is 0 Å². The third-order valence-corrected chi connectivity index (χ3v) is 6.30. The number of hydrogen-bond donors (Lipinski definition) is 3. The number of rotatable bonds is 9. The van der Waals surface area contributed by atoms with Crippen LogP contribution >= 0.6 is 0 Å². The zero-order chi connectivity index (χ0) is 23.9. The summed E-state index contributed by atoms with van der Waals surface area (Å²) in [5.41, 5.74) is 3.50. The summed E-state index contributed by atoms with van der Waals surface area (Å²) in [6.07, 6.45) is 6.22. The number of carbonyl (C=O) groups is 3. The molecule has 2 aromatic carbocycles. The molecule has 3 amide bonds.